The van der Waals surface area contributed by atoms with Crippen molar-refractivity contribution >= 4 is 11.5 Å². The molecule has 0 saturated heterocycles. The third kappa shape index (κ3) is 2.36. The van der Waals surface area contributed by atoms with Gasteiger partial charge in [0.15, 0.2) is 0 Å². The quantitative estimate of drug-likeness (QED) is 0.878. The van der Waals surface area contributed by atoms with Crippen molar-refractivity contribution in [1.82, 2.24) is 9.97 Å². The van der Waals surface area contributed by atoms with Crippen LogP contribution in [-0.2, 0) is 0 Å². The van der Waals surface area contributed by atoms with E-state index in [-0.39, 0.29) is 5.56 Å². The van der Waals surface area contributed by atoms with Crippen molar-refractivity contribution in [2.45, 2.75) is 13.8 Å². The number of hydrogen-bond donors (Lipinski definition) is 1. The number of nitrogens with one attached hydrogen (secondary N) is 1. The molecule has 4 nitrogen and oxygen atoms in total. The maximum atomic E-state index is 11.3. The third-order valence-electron chi connectivity index (χ3n) is 2.66. The molecule has 88 valence electrons. The van der Waals surface area contributed by atoms with Gasteiger partial charge in [-0.3, -0.25) is 4.79 Å². The topological polar surface area (TPSA) is 49.0 Å². The fraction of sp³-hybridized carbons (Fsp3) is 0.231. The number of H-pyrrole nitrogens is 1. The number of rotatable bonds is 3. The first-order valence-electron chi connectivity index (χ1n) is 5.60. The zero-order valence-corrected chi connectivity index (χ0v) is 9.97. The highest BCUT2D eigenvalue weighted by atomic mass is 16.1. The molecule has 2 rings (SSSR count). The van der Waals surface area contributed by atoms with Gasteiger partial charge < -0.3 is 9.88 Å². The number of aromatic amines is 1. The Bertz CT molecular complexity index is 562. The van der Waals surface area contributed by atoms with Gasteiger partial charge in [0.1, 0.15) is 5.82 Å². The summed E-state index contributed by atoms with van der Waals surface area (Å²) in [6.07, 6.45) is 1.43. The zero-order valence-electron chi connectivity index (χ0n) is 9.97. The summed E-state index contributed by atoms with van der Waals surface area (Å²) in [6, 6.07) is 9.57. The number of aryl methyl sites for hydroxylation is 1. The van der Waals surface area contributed by atoms with E-state index in [1.54, 1.807) is 0 Å². The highest BCUT2D eigenvalue weighted by molar-refractivity contribution is 5.63. The van der Waals surface area contributed by atoms with Crippen LogP contribution in [0, 0.1) is 6.92 Å². The lowest BCUT2D eigenvalue weighted by Gasteiger charge is -2.23. The Balaban J connectivity index is 2.48. The molecule has 1 heterocycles. The number of anilines is 2. The Labute approximate surface area is 99.9 Å². The van der Waals surface area contributed by atoms with Gasteiger partial charge in [0.05, 0.1) is 6.33 Å². The summed E-state index contributed by atoms with van der Waals surface area (Å²) in [7, 11) is 0. The lowest BCUT2D eigenvalue weighted by Crippen LogP contribution is -2.20. The predicted molar refractivity (Wildman–Crippen MR) is 68.7 cm³/mol. The van der Waals surface area contributed by atoms with E-state index in [2.05, 4.69) is 9.97 Å². The minimum absolute atomic E-state index is 0.137. The predicted octanol–water partition coefficient (Wildman–Crippen LogP) is 2.24. The Morgan fingerprint density at radius 1 is 1.35 bits per heavy atom. The molecule has 0 bridgehead atoms. The van der Waals surface area contributed by atoms with Crippen LogP contribution < -0.4 is 10.5 Å². The number of hydrogen-bond acceptors (Lipinski definition) is 3. The van der Waals surface area contributed by atoms with Gasteiger partial charge in [-0.05, 0) is 25.5 Å². The fourth-order valence-corrected chi connectivity index (χ4v) is 1.83. The van der Waals surface area contributed by atoms with Crippen LogP contribution in [0.3, 0.4) is 0 Å². The summed E-state index contributed by atoms with van der Waals surface area (Å²) < 4.78 is 0. The monoisotopic (exact) mass is 229 g/mol. The summed E-state index contributed by atoms with van der Waals surface area (Å²) in [5, 5.41) is 0. The number of para-hydroxylation sites is 1. The van der Waals surface area contributed by atoms with Crippen LogP contribution >= 0.6 is 0 Å². The largest absolute Gasteiger partial charge is 0.326 e. The molecular formula is C13H15N3O. The van der Waals surface area contributed by atoms with E-state index in [1.807, 2.05) is 43.0 Å². The van der Waals surface area contributed by atoms with Crippen LogP contribution in [0.2, 0.25) is 0 Å². The molecule has 4 heteroatoms. The van der Waals surface area contributed by atoms with Crippen molar-refractivity contribution < 1.29 is 0 Å². The Hall–Kier alpha value is -2.10. The number of aromatic nitrogens is 2. The molecule has 1 N–H and O–H groups in total. The second kappa shape index (κ2) is 4.82. The van der Waals surface area contributed by atoms with E-state index < -0.39 is 0 Å². The maximum absolute atomic E-state index is 11.3. The van der Waals surface area contributed by atoms with Crippen molar-refractivity contribution in [1.29, 1.82) is 0 Å². The summed E-state index contributed by atoms with van der Waals surface area (Å²) in [5.74, 6) is 0.672. The van der Waals surface area contributed by atoms with Gasteiger partial charge in [-0.1, -0.05) is 18.2 Å². The van der Waals surface area contributed by atoms with E-state index >= 15 is 0 Å². The molecule has 0 spiro atoms. The van der Waals surface area contributed by atoms with Crippen LogP contribution in [0.5, 0.6) is 0 Å². The van der Waals surface area contributed by atoms with Crippen molar-refractivity contribution in [2.75, 3.05) is 11.4 Å². The SMILES string of the molecule is CCN(c1cc(=O)[nH]cn1)c1ccccc1C. The summed E-state index contributed by atoms with van der Waals surface area (Å²) >= 11 is 0. The van der Waals surface area contributed by atoms with Crippen LogP contribution in [0.15, 0.2) is 41.5 Å². The van der Waals surface area contributed by atoms with Crippen molar-refractivity contribution in [3.63, 3.8) is 0 Å². The molecule has 0 fully saturated rings. The van der Waals surface area contributed by atoms with Gasteiger partial charge in [0.2, 0.25) is 0 Å². The molecule has 2 aromatic rings. The summed E-state index contributed by atoms with van der Waals surface area (Å²) in [6.45, 7) is 4.85. The second-order valence-electron chi connectivity index (χ2n) is 3.80. The van der Waals surface area contributed by atoms with E-state index in [0.717, 1.165) is 17.8 Å². The Morgan fingerprint density at radius 3 is 2.76 bits per heavy atom. The molecule has 0 aliphatic rings. The number of benzene rings is 1. The van der Waals surface area contributed by atoms with Crippen molar-refractivity contribution in [3.05, 3.63) is 52.6 Å². The molecular weight excluding hydrogens is 214 g/mol. The van der Waals surface area contributed by atoms with Crippen LogP contribution in [0.4, 0.5) is 11.5 Å². The molecule has 0 amide bonds. The molecule has 1 aromatic carbocycles. The standard InChI is InChI=1S/C13H15N3O/c1-3-16(11-7-5-4-6-10(11)2)12-8-13(17)15-9-14-12/h4-9H,3H2,1-2H3,(H,14,15,17). The number of nitrogens with zero attached hydrogens (tertiary/aromatic N) is 2. The first-order valence-corrected chi connectivity index (χ1v) is 5.60. The minimum atomic E-state index is -0.137. The lowest BCUT2D eigenvalue weighted by atomic mass is 10.2. The normalized spacial score (nSPS) is 10.2. The molecule has 0 aliphatic carbocycles. The van der Waals surface area contributed by atoms with Crippen molar-refractivity contribution in [2.24, 2.45) is 0 Å². The second-order valence-corrected chi connectivity index (χ2v) is 3.80. The third-order valence-corrected chi connectivity index (χ3v) is 2.66. The van der Waals surface area contributed by atoms with E-state index in [1.165, 1.54) is 12.4 Å². The molecule has 17 heavy (non-hydrogen) atoms. The smallest absolute Gasteiger partial charge is 0.252 e. The van der Waals surface area contributed by atoms with Crippen molar-refractivity contribution in [3.8, 4) is 0 Å². The van der Waals surface area contributed by atoms with E-state index in [0.29, 0.717) is 5.82 Å². The molecule has 0 saturated carbocycles. The maximum Gasteiger partial charge on any atom is 0.252 e. The summed E-state index contributed by atoms with van der Waals surface area (Å²) in [5.41, 5.74) is 2.10. The minimum Gasteiger partial charge on any atom is -0.326 e. The van der Waals surface area contributed by atoms with Gasteiger partial charge in [-0.2, -0.15) is 0 Å². The highest BCUT2D eigenvalue weighted by Gasteiger charge is 2.10. The van der Waals surface area contributed by atoms with Gasteiger partial charge in [0.25, 0.3) is 5.56 Å². The molecule has 0 radical (unpaired) electrons. The molecule has 0 aliphatic heterocycles. The van der Waals surface area contributed by atoms with E-state index in [9.17, 15) is 4.79 Å². The Kier molecular flexibility index (Phi) is 3.23. The molecule has 0 atom stereocenters. The van der Waals surface area contributed by atoms with Gasteiger partial charge in [0, 0.05) is 18.3 Å². The fourth-order valence-electron chi connectivity index (χ4n) is 1.83. The highest BCUT2D eigenvalue weighted by Crippen LogP contribution is 2.25. The van der Waals surface area contributed by atoms with Crippen LogP contribution in [0.1, 0.15) is 12.5 Å². The first kappa shape index (κ1) is 11.4. The average molecular weight is 229 g/mol. The van der Waals surface area contributed by atoms with Gasteiger partial charge in [-0.15, -0.1) is 0 Å². The van der Waals surface area contributed by atoms with E-state index in [4.69, 9.17) is 0 Å². The summed E-state index contributed by atoms with van der Waals surface area (Å²) in [4.78, 5) is 20.0. The van der Waals surface area contributed by atoms with Gasteiger partial charge in [-0.25, -0.2) is 4.98 Å². The molecule has 0 unspecified atom stereocenters. The average Bonchev–Trinajstić information content (AvgIpc) is 2.33. The first-order chi connectivity index (χ1) is 8.22. The Morgan fingerprint density at radius 2 is 2.12 bits per heavy atom. The lowest BCUT2D eigenvalue weighted by molar-refractivity contribution is 0.962. The van der Waals surface area contributed by atoms with Crippen LogP contribution in [-0.4, -0.2) is 16.5 Å². The van der Waals surface area contributed by atoms with Gasteiger partial charge >= 0.3 is 0 Å². The zero-order chi connectivity index (χ0) is 12.3. The molecule has 1 aromatic heterocycles. The van der Waals surface area contributed by atoms with Crippen LogP contribution in [0.25, 0.3) is 0 Å².